The molecule has 4 N–H and O–H groups in total. The van der Waals surface area contributed by atoms with Gasteiger partial charge in [-0.05, 0) is 48.8 Å². The van der Waals surface area contributed by atoms with E-state index in [4.69, 9.17) is 10.5 Å². The Kier molecular flexibility index (Phi) is 8.58. The number of aromatic hydroxyl groups is 1. The highest BCUT2D eigenvalue weighted by atomic mass is 16.6. The first kappa shape index (κ1) is 28.3. The molecule has 0 heterocycles. The summed E-state index contributed by atoms with van der Waals surface area (Å²) in [4.78, 5) is 39.4. The Bertz CT molecular complexity index is 875. The number of ether oxygens (including phenoxy) is 1. The van der Waals surface area contributed by atoms with Crippen LogP contribution in [0.2, 0.25) is 0 Å². The number of hydrogen-bond donors (Lipinski definition) is 3. The number of primary amides is 1. The van der Waals surface area contributed by atoms with E-state index in [1.807, 2.05) is 47.6 Å². The van der Waals surface area contributed by atoms with E-state index in [9.17, 15) is 19.5 Å². The van der Waals surface area contributed by atoms with Gasteiger partial charge in [0.1, 0.15) is 23.4 Å². The molecule has 0 saturated heterocycles. The Morgan fingerprint density at radius 1 is 1.06 bits per heavy atom. The van der Waals surface area contributed by atoms with Crippen molar-refractivity contribution in [2.24, 2.45) is 11.1 Å². The highest BCUT2D eigenvalue weighted by Crippen LogP contribution is 2.31. The van der Waals surface area contributed by atoms with Crippen LogP contribution in [0.5, 0.6) is 5.75 Å². The van der Waals surface area contributed by atoms with Gasteiger partial charge in [0.15, 0.2) is 0 Å². The first-order valence-electron chi connectivity index (χ1n) is 11.1. The number of nitrogens with two attached hydrogens (primary N) is 1. The maximum absolute atomic E-state index is 13.3. The summed E-state index contributed by atoms with van der Waals surface area (Å²) in [5, 5.41) is 12.9. The molecule has 0 aliphatic heterocycles. The quantitative estimate of drug-likeness (QED) is 0.596. The Hall–Kier alpha value is -2.77. The summed E-state index contributed by atoms with van der Waals surface area (Å²) in [5.74, 6) is -1.03. The highest BCUT2D eigenvalue weighted by molar-refractivity contribution is 5.91. The monoisotopic (exact) mass is 463 g/mol. The van der Waals surface area contributed by atoms with Crippen LogP contribution in [0, 0.1) is 5.41 Å². The Morgan fingerprint density at radius 2 is 1.61 bits per heavy atom. The molecule has 33 heavy (non-hydrogen) atoms. The number of benzene rings is 1. The third kappa shape index (κ3) is 8.26. The topological polar surface area (TPSA) is 122 Å². The van der Waals surface area contributed by atoms with Crippen LogP contribution in [-0.4, -0.2) is 52.6 Å². The normalized spacial score (nSPS) is 14.2. The average Bonchev–Trinajstić information content (AvgIpc) is 2.58. The van der Waals surface area contributed by atoms with Crippen LogP contribution in [0.25, 0.3) is 0 Å². The molecule has 1 rings (SSSR count). The molecule has 1 aromatic rings. The Morgan fingerprint density at radius 3 is 2.03 bits per heavy atom. The van der Waals surface area contributed by atoms with Crippen molar-refractivity contribution in [2.75, 3.05) is 7.05 Å². The second-order valence-electron chi connectivity index (χ2n) is 11.6. The minimum Gasteiger partial charge on any atom is -0.508 e. The van der Waals surface area contributed by atoms with Gasteiger partial charge in [-0.1, -0.05) is 53.7 Å². The Labute approximate surface area is 197 Å². The molecule has 1 aromatic carbocycles. The fourth-order valence-corrected chi connectivity index (χ4v) is 3.61. The number of carbonyl (C=O) groups excluding carboxylic acids is 3. The molecule has 186 valence electrons. The minimum absolute atomic E-state index is 0.150. The van der Waals surface area contributed by atoms with E-state index in [0.717, 1.165) is 11.1 Å². The third-order valence-electron chi connectivity index (χ3n) is 5.11. The second kappa shape index (κ2) is 10.0. The van der Waals surface area contributed by atoms with E-state index in [1.54, 1.807) is 32.9 Å². The number of phenols is 1. The van der Waals surface area contributed by atoms with Gasteiger partial charge < -0.3 is 20.9 Å². The lowest BCUT2D eigenvalue weighted by molar-refractivity contribution is -0.133. The van der Waals surface area contributed by atoms with Crippen molar-refractivity contribution >= 4 is 17.9 Å². The Balaban J connectivity index is 3.18. The molecule has 0 bridgehead atoms. The van der Waals surface area contributed by atoms with Gasteiger partial charge in [0, 0.05) is 13.5 Å². The standard InChI is InChI=1S/C25H41N3O5/c1-23(2,3)16-13-15(11-12-18(16)29)14-17(20(26)30)27-21(31)19(24(4,5)6)28(10)22(32)33-25(7,8)9/h11-13,17,19,29H,14H2,1-10H3,(H2,26,30)(H,27,31)/t17-,19+/m0/s1. The first-order chi connectivity index (χ1) is 14.7. The highest BCUT2D eigenvalue weighted by Gasteiger charge is 2.40. The van der Waals surface area contributed by atoms with E-state index >= 15 is 0 Å². The largest absolute Gasteiger partial charge is 0.508 e. The van der Waals surface area contributed by atoms with Crippen LogP contribution < -0.4 is 11.1 Å². The van der Waals surface area contributed by atoms with E-state index in [0.29, 0.717) is 0 Å². The lowest BCUT2D eigenvalue weighted by atomic mass is 9.84. The number of likely N-dealkylation sites (N-methyl/N-ethyl adjacent to an activating group) is 1. The van der Waals surface area contributed by atoms with Crippen LogP contribution in [0.1, 0.15) is 73.4 Å². The number of nitrogens with zero attached hydrogens (tertiary/aromatic N) is 1. The predicted molar refractivity (Wildman–Crippen MR) is 129 cm³/mol. The molecule has 0 radical (unpaired) electrons. The van der Waals surface area contributed by atoms with Crippen LogP contribution in [0.15, 0.2) is 18.2 Å². The average molecular weight is 464 g/mol. The predicted octanol–water partition coefficient (Wildman–Crippen LogP) is 3.48. The number of hydrogen-bond acceptors (Lipinski definition) is 5. The summed E-state index contributed by atoms with van der Waals surface area (Å²) in [6.07, 6.45) is -0.487. The summed E-state index contributed by atoms with van der Waals surface area (Å²) < 4.78 is 5.42. The fourth-order valence-electron chi connectivity index (χ4n) is 3.61. The van der Waals surface area contributed by atoms with Crippen molar-refractivity contribution in [3.63, 3.8) is 0 Å². The summed E-state index contributed by atoms with van der Waals surface area (Å²) in [5.41, 5.74) is 5.41. The van der Waals surface area contributed by atoms with Crippen LogP contribution in [0.3, 0.4) is 0 Å². The molecule has 8 nitrogen and oxygen atoms in total. The molecule has 2 atom stereocenters. The molecule has 3 amide bonds. The second-order valence-corrected chi connectivity index (χ2v) is 11.6. The van der Waals surface area contributed by atoms with Gasteiger partial charge in [0.25, 0.3) is 0 Å². The molecule has 0 aliphatic rings. The van der Waals surface area contributed by atoms with Crippen molar-refractivity contribution in [3.8, 4) is 5.75 Å². The molecule has 0 saturated carbocycles. The molecule has 0 spiro atoms. The third-order valence-corrected chi connectivity index (χ3v) is 5.11. The lowest BCUT2D eigenvalue weighted by Gasteiger charge is -2.38. The van der Waals surface area contributed by atoms with E-state index < -0.39 is 41.0 Å². The van der Waals surface area contributed by atoms with Gasteiger partial charge >= 0.3 is 6.09 Å². The van der Waals surface area contributed by atoms with E-state index in [-0.39, 0.29) is 17.6 Å². The SMILES string of the molecule is CN(C(=O)OC(C)(C)C)[C@H](C(=O)N[C@@H](Cc1ccc(O)c(C(C)(C)C)c1)C(N)=O)C(C)(C)C. The summed E-state index contributed by atoms with van der Waals surface area (Å²) in [6, 6.07) is 3.18. The van der Waals surface area contributed by atoms with Gasteiger partial charge in [0.2, 0.25) is 11.8 Å². The fraction of sp³-hybridized carbons (Fsp3) is 0.640. The smallest absolute Gasteiger partial charge is 0.410 e. The number of rotatable bonds is 6. The summed E-state index contributed by atoms with van der Waals surface area (Å²) in [7, 11) is 1.50. The minimum atomic E-state index is -0.994. The summed E-state index contributed by atoms with van der Waals surface area (Å²) >= 11 is 0. The maximum Gasteiger partial charge on any atom is 0.410 e. The molecule has 0 aromatic heterocycles. The summed E-state index contributed by atoms with van der Waals surface area (Å²) in [6.45, 7) is 16.6. The van der Waals surface area contributed by atoms with E-state index in [1.165, 1.54) is 11.9 Å². The van der Waals surface area contributed by atoms with Crippen molar-refractivity contribution in [3.05, 3.63) is 29.3 Å². The number of carbonyl (C=O) groups is 3. The van der Waals surface area contributed by atoms with Gasteiger partial charge in [0.05, 0.1) is 0 Å². The van der Waals surface area contributed by atoms with Crippen molar-refractivity contribution in [1.82, 2.24) is 10.2 Å². The van der Waals surface area contributed by atoms with Crippen molar-refractivity contribution in [2.45, 2.75) is 91.8 Å². The molecule has 8 heteroatoms. The van der Waals surface area contributed by atoms with Gasteiger partial charge in [-0.2, -0.15) is 0 Å². The molecular formula is C25H41N3O5. The molecule has 0 aliphatic carbocycles. The van der Waals surface area contributed by atoms with Gasteiger partial charge in [-0.25, -0.2) is 4.79 Å². The molecular weight excluding hydrogens is 422 g/mol. The zero-order valence-corrected chi connectivity index (χ0v) is 21.7. The first-order valence-corrected chi connectivity index (χ1v) is 11.1. The molecule has 0 unspecified atom stereocenters. The zero-order valence-electron chi connectivity index (χ0n) is 21.7. The van der Waals surface area contributed by atoms with Crippen LogP contribution in [-0.2, 0) is 26.2 Å². The van der Waals surface area contributed by atoms with Crippen molar-refractivity contribution in [1.29, 1.82) is 0 Å². The lowest BCUT2D eigenvalue weighted by Crippen LogP contribution is -2.58. The number of nitrogens with one attached hydrogen (secondary N) is 1. The van der Waals surface area contributed by atoms with Crippen LogP contribution >= 0.6 is 0 Å². The van der Waals surface area contributed by atoms with Crippen LogP contribution in [0.4, 0.5) is 4.79 Å². The van der Waals surface area contributed by atoms with Gasteiger partial charge in [-0.15, -0.1) is 0 Å². The van der Waals surface area contributed by atoms with Gasteiger partial charge in [-0.3, -0.25) is 14.5 Å². The number of phenolic OH excluding ortho intramolecular Hbond substituents is 1. The molecule has 0 fully saturated rings. The zero-order chi connectivity index (χ0) is 25.9. The van der Waals surface area contributed by atoms with Crippen molar-refractivity contribution < 1.29 is 24.2 Å². The number of amides is 3. The van der Waals surface area contributed by atoms with E-state index in [2.05, 4.69) is 5.32 Å². The maximum atomic E-state index is 13.3.